The summed E-state index contributed by atoms with van der Waals surface area (Å²) in [6, 6.07) is 0. The smallest absolute Gasteiger partial charge is 0.158 e. The summed E-state index contributed by atoms with van der Waals surface area (Å²) in [7, 11) is 0. The fourth-order valence-electron chi connectivity index (χ4n) is 0.324. The summed E-state index contributed by atoms with van der Waals surface area (Å²) >= 11 is 8.00. The minimum absolute atomic E-state index is 1.05. The van der Waals surface area contributed by atoms with Crippen molar-refractivity contribution in [1.29, 1.82) is 0 Å². The van der Waals surface area contributed by atoms with Gasteiger partial charge in [0.25, 0.3) is 0 Å². The molecule has 0 atom stereocenters. The van der Waals surface area contributed by atoms with Gasteiger partial charge in [0, 0.05) is 11.5 Å². The molecule has 0 fully saturated rings. The van der Waals surface area contributed by atoms with Crippen LogP contribution >= 0.6 is 36.1 Å². The van der Waals surface area contributed by atoms with Gasteiger partial charge in [-0.25, -0.2) is 3.71 Å². The summed E-state index contributed by atoms with van der Waals surface area (Å²) in [5.41, 5.74) is 2.65. The normalized spacial score (nSPS) is 9.11. The quantitative estimate of drug-likeness (QED) is 0.363. The molecule has 9 heavy (non-hydrogen) atoms. The Balaban J connectivity index is 3.29. The molecule has 53 valence electrons. The second-order valence-electron chi connectivity index (χ2n) is 1.18. The molecule has 0 saturated heterocycles. The van der Waals surface area contributed by atoms with Gasteiger partial charge in [0.1, 0.15) is 0 Å². The van der Waals surface area contributed by atoms with Crippen LogP contribution in [-0.4, -0.2) is 20.7 Å². The monoisotopic (exact) mass is 180 g/mol. The fraction of sp³-hybridized carbons (Fsp3) is 0.800. The van der Waals surface area contributed by atoms with E-state index in [1.54, 1.807) is 23.9 Å². The van der Waals surface area contributed by atoms with Gasteiger partial charge in [-0.2, -0.15) is 0 Å². The van der Waals surface area contributed by atoms with Gasteiger partial charge in [-0.15, -0.1) is 0 Å². The third-order valence-corrected chi connectivity index (χ3v) is 2.78. The van der Waals surface area contributed by atoms with Crippen molar-refractivity contribution in [2.45, 2.75) is 13.8 Å². The van der Waals surface area contributed by atoms with Crippen LogP contribution in [0.4, 0.5) is 0 Å². The lowest BCUT2D eigenvalue weighted by atomic mass is 11.0. The molecule has 0 aromatic carbocycles. The summed E-state index contributed by atoms with van der Waals surface area (Å²) < 4.78 is 1.88. The molecule has 0 rings (SSSR count). The predicted molar refractivity (Wildman–Crippen MR) is 50.7 cm³/mol. The van der Waals surface area contributed by atoms with E-state index in [4.69, 9.17) is 0 Å². The highest BCUT2D eigenvalue weighted by molar-refractivity contribution is 8.13. The molecule has 1 radical (unpaired) electrons. The van der Waals surface area contributed by atoms with Crippen LogP contribution < -0.4 is 0 Å². The van der Waals surface area contributed by atoms with Crippen molar-refractivity contribution in [3.63, 3.8) is 0 Å². The lowest BCUT2D eigenvalue weighted by Crippen LogP contribution is -2.01. The van der Waals surface area contributed by atoms with E-state index in [0.717, 1.165) is 11.5 Å². The van der Waals surface area contributed by atoms with Crippen molar-refractivity contribution in [1.82, 2.24) is 3.71 Å². The van der Waals surface area contributed by atoms with E-state index in [2.05, 4.69) is 31.6 Å². The molecule has 0 unspecified atom stereocenters. The van der Waals surface area contributed by atoms with Crippen LogP contribution in [0.25, 0.3) is 0 Å². The van der Waals surface area contributed by atoms with Gasteiger partial charge in [0.2, 0.25) is 0 Å². The molecule has 0 aliphatic carbocycles. The maximum Gasteiger partial charge on any atom is 0.158 e. The molecule has 0 heterocycles. The molecular formula is C5H10NS3. The van der Waals surface area contributed by atoms with Crippen LogP contribution in [0.5, 0.6) is 0 Å². The average molecular weight is 180 g/mol. The summed E-state index contributed by atoms with van der Waals surface area (Å²) in [6.45, 7) is 4.20. The van der Waals surface area contributed by atoms with E-state index in [1.807, 2.05) is 3.71 Å². The first kappa shape index (κ1) is 9.59. The first-order chi connectivity index (χ1) is 4.35. The van der Waals surface area contributed by atoms with E-state index in [9.17, 15) is 0 Å². The van der Waals surface area contributed by atoms with Crippen molar-refractivity contribution in [2.75, 3.05) is 11.5 Å². The molecule has 0 saturated carbocycles. The zero-order chi connectivity index (χ0) is 7.11. The topological polar surface area (TPSA) is 3.24 Å². The summed E-state index contributed by atoms with van der Waals surface area (Å²) in [5, 5.41) is 0. The summed E-state index contributed by atoms with van der Waals surface area (Å²) in [6.07, 6.45) is 0. The minimum atomic E-state index is 1.05. The van der Waals surface area contributed by atoms with Gasteiger partial charge in [-0.05, 0) is 23.9 Å². The standard InChI is InChI=1S/C5H10NS3/c1-3-8-6(5-7)9-4-2/h3-4H2,1-2H3. The SMILES string of the molecule is CCSN([C]=S)SCC. The van der Waals surface area contributed by atoms with Crippen molar-refractivity contribution in [3.8, 4) is 0 Å². The van der Waals surface area contributed by atoms with E-state index < -0.39 is 0 Å². The molecule has 0 amide bonds. The van der Waals surface area contributed by atoms with Crippen molar-refractivity contribution >= 4 is 41.6 Å². The molecule has 0 aliphatic heterocycles. The van der Waals surface area contributed by atoms with E-state index >= 15 is 0 Å². The number of rotatable bonds is 5. The minimum Gasteiger partial charge on any atom is -0.245 e. The van der Waals surface area contributed by atoms with Crippen LogP contribution in [0.15, 0.2) is 0 Å². The second-order valence-corrected chi connectivity index (χ2v) is 4.00. The van der Waals surface area contributed by atoms with Crippen LogP contribution in [0.1, 0.15) is 13.8 Å². The van der Waals surface area contributed by atoms with E-state index in [1.165, 1.54) is 0 Å². The lowest BCUT2D eigenvalue weighted by molar-refractivity contribution is 1.19. The van der Waals surface area contributed by atoms with Crippen molar-refractivity contribution in [3.05, 3.63) is 0 Å². The second kappa shape index (κ2) is 6.71. The van der Waals surface area contributed by atoms with Crippen LogP contribution in [-0.2, 0) is 0 Å². The van der Waals surface area contributed by atoms with Crippen LogP contribution in [0.3, 0.4) is 0 Å². The Morgan fingerprint density at radius 3 is 2.00 bits per heavy atom. The number of nitrogens with zero attached hydrogens (tertiary/aromatic N) is 1. The Hall–Kier alpha value is 0.590. The molecule has 4 heteroatoms. The Labute approximate surface area is 70.8 Å². The summed E-state index contributed by atoms with van der Waals surface area (Å²) in [5.74, 6) is 2.10. The fourth-order valence-corrected chi connectivity index (χ4v) is 2.15. The number of thiocarbonyl (C=S) groups is 1. The van der Waals surface area contributed by atoms with Gasteiger partial charge in [0.05, 0.1) is 0 Å². The maximum atomic E-state index is 4.64. The number of hydrogen-bond acceptors (Lipinski definition) is 3. The highest BCUT2D eigenvalue weighted by atomic mass is 32.2. The van der Waals surface area contributed by atoms with Gasteiger partial charge in [-0.3, -0.25) is 0 Å². The lowest BCUT2D eigenvalue weighted by Gasteiger charge is -2.11. The van der Waals surface area contributed by atoms with Crippen LogP contribution in [0, 0.1) is 0 Å². The third-order valence-electron chi connectivity index (χ3n) is 0.567. The van der Waals surface area contributed by atoms with Crippen LogP contribution in [0.2, 0.25) is 0 Å². The highest BCUT2D eigenvalue weighted by Crippen LogP contribution is 2.17. The largest absolute Gasteiger partial charge is 0.245 e. The third kappa shape index (κ3) is 5.06. The van der Waals surface area contributed by atoms with E-state index in [0.29, 0.717) is 0 Å². The maximum absolute atomic E-state index is 4.64. The molecule has 0 aromatic rings. The van der Waals surface area contributed by atoms with Gasteiger partial charge >= 0.3 is 0 Å². The van der Waals surface area contributed by atoms with Crippen molar-refractivity contribution < 1.29 is 0 Å². The molecule has 0 spiro atoms. The number of hydrogen-bond donors (Lipinski definition) is 0. The van der Waals surface area contributed by atoms with E-state index in [-0.39, 0.29) is 0 Å². The summed E-state index contributed by atoms with van der Waals surface area (Å²) in [4.78, 5) is 0. The Morgan fingerprint density at radius 2 is 1.78 bits per heavy atom. The first-order valence-electron chi connectivity index (χ1n) is 2.78. The van der Waals surface area contributed by atoms with Crippen molar-refractivity contribution in [2.24, 2.45) is 0 Å². The molecule has 0 N–H and O–H groups in total. The Kier molecular flexibility index (Phi) is 7.15. The molecular weight excluding hydrogens is 170 g/mol. The average Bonchev–Trinajstić information content (AvgIpc) is 1.88. The molecule has 0 aromatic heterocycles. The van der Waals surface area contributed by atoms with Gasteiger partial charge in [0.15, 0.2) is 5.49 Å². The Morgan fingerprint density at radius 1 is 1.33 bits per heavy atom. The molecule has 0 bridgehead atoms. The van der Waals surface area contributed by atoms with Gasteiger partial charge < -0.3 is 0 Å². The van der Waals surface area contributed by atoms with Gasteiger partial charge in [-0.1, -0.05) is 26.1 Å². The Bertz CT molecular complexity index is 70.6. The zero-order valence-electron chi connectivity index (χ0n) is 5.59. The predicted octanol–water partition coefficient (Wildman–Crippen LogP) is 2.46. The first-order valence-corrected chi connectivity index (χ1v) is 5.08. The highest BCUT2D eigenvalue weighted by Gasteiger charge is 1.95. The zero-order valence-corrected chi connectivity index (χ0v) is 8.04. The molecule has 0 aliphatic rings. The molecule has 1 nitrogen and oxygen atoms in total.